The second kappa shape index (κ2) is 25.5. The van der Waals surface area contributed by atoms with Crippen LogP contribution in [0.25, 0.3) is 0 Å². The number of hydrogen-bond acceptors (Lipinski definition) is 1. The molecule has 0 aromatic carbocycles. The molecule has 0 saturated carbocycles. The zero-order chi connectivity index (χ0) is 29.2. The van der Waals surface area contributed by atoms with Crippen molar-refractivity contribution in [2.24, 2.45) is 5.92 Å². The normalized spacial score (nSPS) is 18.4. The molecule has 2 amide bonds. The second-order valence-corrected chi connectivity index (χ2v) is 12.9. The van der Waals surface area contributed by atoms with Gasteiger partial charge < -0.3 is 10.2 Å². The highest BCUT2D eigenvalue weighted by Crippen LogP contribution is 2.31. The van der Waals surface area contributed by atoms with E-state index < -0.39 is 0 Å². The molecule has 0 heterocycles. The summed E-state index contributed by atoms with van der Waals surface area (Å²) in [7, 11) is 0. The third-order valence-corrected chi connectivity index (χ3v) is 9.23. The summed E-state index contributed by atoms with van der Waals surface area (Å²) in [4.78, 5) is 15.5. The number of carbonyl (C=O) groups is 1. The van der Waals surface area contributed by atoms with Gasteiger partial charge in [-0.1, -0.05) is 186 Å². The molecule has 40 heavy (non-hydrogen) atoms. The van der Waals surface area contributed by atoms with Crippen molar-refractivity contribution < 1.29 is 4.79 Å². The van der Waals surface area contributed by atoms with Crippen LogP contribution in [0.5, 0.6) is 0 Å². The molecule has 0 aliphatic heterocycles. The minimum atomic E-state index is -0.243. The third kappa shape index (κ3) is 17.5. The van der Waals surface area contributed by atoms with Crippen molar-refractivity contribution in [1.82, 2.24) is 10.2 Å². The fraction of sp³-hybridized carbons (Fsp3) is 0.865. The zero-order valence-corrected chi connectivity index (χ0v) is 27.6. The molecule has 0 fully saturated rings. The Labute approximate surface area is 251 Å². The molecule has 1 N–H and O–H groups in total. The van der Waals surface area contributed by atoms with Crippen LogP contribution in [-0.2, 0) is 0 Å². The summed E-state index contributed by atoms with van der Waals surface area (Å²) in [5.74, 6) is 0.326. The van der Waals surface area contributed by atoms with Crippen LogP contribution in [0.15, 0.2) is 24.3 Å². The van der Waals surface area contributed by atoms with Gasteiger partial charge in [-0.15, -0.1) is 0 Å². The number of nitrogens with one attached hydrogen (secondary N) is 1. The molecule has 3 nitrogen and oxygen atoms in total. The summed E-state index contributed by atoms with van der Waals surface area (Å²) in [6.07, 6.45) is 41.0. The Morgan fingerprint density at radius 2 is 1.02 bits per heavy atom. The number of allylic oxidation sites excluding steroid dienone is 2. The van der Waals surface area contributed by atoms with E-state index in [1.807, 2.05) is 0 Å². The maximum absolute atomic E-state index is 13.4. The number of nitrogens with zero attached hydrogens (tertiary/aromatic N) is 1. The fourth-order valence-electron chi connectivity index (χ4n) is 6.09. The van der Waals surface area contributed by atoms with Gasteiger partial charge in [-0.25, -0.2) is 4.79 Å². The molecule has 0 spiro atoms. The molecule has 2 atom stereocenters. The van der Waals surface area contributed by atoms with E-state index in [0.717, 1.165) is 25.9 Å². The second-order valence-electron chi connectivity index (χ2n) is 12.9. The smallest absolute Gasteiger partial charge is 0.318 e. The predicted molar refractivity (Wildman–Crippen MR) is 178 cm³/mol. The van der Waals surface area contributed by atoms with Crippen molar-refractivity contribution in [3.05, 3.63) is 24.3 Å². The standard InChI is InChI=1S/C37H70N2O/c1-5-7-9-11-13-15-17-19-21-23-25-29-33-38-36(40)39(37(4)32-28-27-31-35(37)3)34-30-26-24-22-20-18-16-14-12-10-8-6-2/h27-28,31-32,35H,5-26,29-30,33-34H2,1-4H3,(H,38,40). The highest BCUT2D eigenvalue weighted by Gasteiger charge is 2.37. The highest BCUT2D eigenvalue weighted by atomic mass is 16.2. The molecule has 234 valence electrons. The molecule has 2 unspecified atom stereocenters. The fourth-order valence-corrected chi connectivity index (χ4v) is 6.09. The van der Waals surface area contributed by atoms with Crippen LogP contribution in [0.3, 0.4) is 0 Å². The summed E-state index contributed by atoms with van der Waals surface area (Å²) in [6, 6.07) is 0.125. The van der Waals surface area contributed by atoms with Gasteiger partial charge in [0.25, 0.3) is 0 Å². The van der Waals surface area contributed by atoms with Crippen LogP contribution in [0, 0.1) is 5.92 Å². The Bertz CT molecular complexity index is 642. The number of hydrogen-bond donors (Lipinski definition) is 1. The van der Waals surface area contributed by atoms with Crippen molar-refractivity contribution in [3.8, 4) is 0 Å². The first-order valence-corrected chi connectivity index (χ1v) is 18.0. The Morgan fingerprint density at radius 3 is 1.45 bits per heavy atom. The van der Waals surface area contributed by atoms with Gasteiger partial charge in [0.2, 0.25) is 0 Å². The van der Waals surface area contributed by atoms with E-state index in [9.17, 15) is 4.79 Å². The molecule has 0 bridgehead atoms. The first-order valence-electron chi connectivity index (χ1n) is 18.0. The minimum Gasteiger partial charge on any atom is -0.338 e. The lowest BCUT2D eigenvalue weighted by Crippen LogP contribution is -2.56. The van der Waals surface area contributed by atoms with E-state index in [4.69, 9.17) is 0 Å². The topological polar surface area (TPSA) is 32.3 Å². The van der Waals surface area contributed by atoms with Gasteiger partial charge in [-0.2, -0.15) is 0 Å². The van der Waals surface area contributed by atoms with Crippen LogP contribution < -0.4 is 5.32 Å². The van der Waals surface area contributed by atoms with Gasteiger partial charge in [0.15, 0.2) is 0 Å². The van der Waals surface area contributed by atoms with Crippen molar-refractivity contribution in [2.45, 2.75) is 187 Å². The molecule has 0 aromatic heterocycles. The van der Waals surface area contributed by atoms with Crippen molar-refractivity contribution in [2.75, 3.05) is 13.1 Å². The Hall–Kier alpha value is -1.25. The van der Waals surface area contributed by atoms with Crippen LogP contribution >= 0.6 is 0 Å². The summed E-state index contributed by atoms with van der Waals surface area (Å²) < 4.78 is 0. The number of rotatable bonds is 27. The predicted octanol–water partition coefficient (Wildman–Crippen LogP) is 11.9. The first kappa shape index (κ1) is 36.8. The van der Waals surface area contributed by atoms with Gasteiger partial charge in [0.05, 0.1) is 5.54 Å². The van der Waals surface area contributed by atoms with Crippen LogP contribution in [0.1, 0.15) is 182 Å². The van der Waals surface area contributed by atoms with E-state index in [0.29, 0.717) is 5.92 Å². The van der Waals surface area contributed by atoms with Crippen LogP contribution in [0.2, 0.25) is 0 Å². The lowest BCUT2D eigenvalue weighted by molar-refractivity contribution is 0.126. The molecule has 1 aliphatic rings. The van der Waals surface area contributed by atoms with Gasteiger partial charge in [0.1, 0.15) is 0 Å². The summed E-state index contributed by atoms with van der Waals surface area (Å²) in [6.45, 7) is 10.7. The lowest BCUT2D eigenvalue weighted by Gasteiger charge is -2.44. The molecule has 0 radical (unpaired) electrons. The van der Waals surface area contributed by atoms with Crippen molar-refractivity contribution >= 4 is 6.03 Å². The van der Waals surface area contributed by atoms with Crippen molar-refractivity contribution in [3.63, 3.8) is 0 Å². The maximum atomic E-state index is 13.4. The van der Waals surface area contributed by atoms with Gasteiger partial charge in [-0.05, 0) is 19.8 Å². The molecule has 1 rings (SSSR count). The molecular weight excluding hydrogens is 488 g/mol. The lowest BCUT2D eigenvalue weighted by atomic mass is 9.82. The SMILES string of the molecule is CCCCCCCCCCCCCCNC(=O)N(CCCCCCCCCCCCCC)C1(C)C=CC=CC1C. The average molecular weight is 559 g/mol. The summed E-state index contributed by atoms with van der Waals surface area (Å²) in [5, 5.41) is 3.28. The molecule has 3 heteroatoms. The van der Waals surface area contributed by atoms with E-state index in [2.05, 4.69) is 62.2 Å². The maximum Gasteiger partial charge on any atom is 0.318 e. The average Bonchev–Trinajstić information content (AvgIpc) is 2.95. The van der Waals surface area contributed by atoms with Crippen LogP contribution in [-0.4, -0.2) is 29.6 Å². The first-order chi connectivity index (χ1) is 19.6. The Kier molecular flexibility index (Phi) is 23.4. The zero-order valence-electron chi connectivity index (χ0n) is 27.6. The Morgan fingerprint density at radius 1 is 0.625 bits per heavy atom. The number of urea groups is 1. The summed E-state index contributed by atoms with van der Waals surface area (Å²) in [5.41, 5.74) is -0.243. The van der Waals surface area contributed by atoms with Crippen molar-refractivity contribution in [1.29, 1.82) is 0 Å². The quantitative estimate of drug-likeness (QED) is 0.0999. The van der Waals surface area contributed by atoms with Crippen LogP contribution in [0.4, 0.5) is 4.79 Å². The molecular formula is C37H70N2O. The van der Waals surface area contributed by atoms with E-state index in [1.165, 1.54) is 141 Å². The largest absolute Gasteiger partial charge is 0.338 e. The highest BCUT2D eigenvalue weighted by molar-refractivity contribution is 5.75. The number of carbonyl (C=O) groups excluding carboxylic acids is 1. The molecule has 0 saturated heterocycles. The minimum absolute atomic E-state index is 0.125. The molecule has 1 aliphatic carbocycles. The number of unbranched alkanes of at least 4 members (excludes halogenated alkanes) is 22. The van der Waals surface area contributed by atoms with Gasteiger partial charge >= 0.3 is 6.03 Å². The number of amides is 2. The summed E-state index contributed by atoms with van der Waals surface area (Å²) >= 11 is 0. The Balaban J connectivity index is 2.23. The van der Waals surface area contributed by atoms with E-state index in [-0.39, 0.29) is 11.6 Å². The third-order valence-electron chi connectivity index (χ3n) is 9.23. The van der Waals surface area contributed by atoms with E-state index in [1.54, 1.807) is 0 Å². The van der Waals surface area contributed by atoms with E-state index >= 15 is 0 Å². The molecule has 0 aromatic rings. The monoisotopic (exact) mass is 559 g/mol. The van der Waals surface area contributed by atoms with Gasteiger partial charge in [-0.3, -0.25) is 0 Å². The van der Waals surface area contributed by atoms with Gasteiger partial charge in [0, 0.05) is 19.0 Å².